The van der Waals surface area contributed by atoms with Crippen LogP contribution in [0, 0.1) is 0 Å². The summed E-state index contributed by atoms with van der Waals surface area (Å²) in [5, 5.41) is 1.46. The third kappa shape index (κ3) is 11.6. The van der Waals surface area contributed by atoms with Crippen LogP contribution in [0.25, 0.3) is 0 Å². The van der Waals surface area contributed by atoms with E-state index >= 15 is 0 Å². The maximum absolute atomic E-state index is 2.22. The van der Waals surface area contributed by atoms with Gasteiger partial charge in [0.1, 0.15) is 0 Å². The lowest BCUT2D eigenvalue weighted by atomic mass is 10.6. The van der Waals surface area contributed by atoms with Crippen LogP contribution in [0.2, 0.25) is 5.28 Å². The topological polar surface area (TPSA) is 0 Å². The predicted molar refractivity (Wildman–Crippen MR) is 30.9 cm³/mol. The fourth-order valence-electron chi connectivity index (χ4n) is 0. The molecular formula is C3H10AlCl. The average Bonchev–Trinajstić information content (AvgIpc) is 1.37. The molecule has 0 atom stereocenters. The summed E-state index contributed by atoms with van der Waals surface area (Å²) in [4.78, 5) is 0. The van der Waals surface area contributed by atoms with Crippen molar-refractivity contribution in [3.05, 3.63) is 0 Å². The van der Waals surface area contributed by atoms with Gasteiger partial charge in [0.15, 0.2) is 0 Å². The minimum Gasteiger partial charge on any atom is -0.147 e. The quantitative estimate of drug-likeness (QED) is 0.438. The lowest BCUT2D eigenvalue weighted by molar-refractivity contribution is 1.08. The van der Waals surface area contributed by atoms with E-state index in [-0.39, 0.29) is 12.4 Å². The van der Waals surface area contributed by atoms with Gasteiger partial charge in [0.05, 0.1) is 0 Å². The van der Waals surface area contributed by atoms with Crippen molar-refractivity contribution >= 4 is 28.7 Å². The van der Waals surface area contributed by atoms with E-state index in [0.717, 1.165) is 0 Å². The van der Waals surface area contributed by atoms with Crippen LogP contribution in [-0.4, -0.2) is 16.3 Å². The number of hydrogen-bond acceptors (Lipinski definition) is 0. The Bertz CT molecular complexity index is 8.85. The molecule has 0 bridgehead atoms. The number of halogens is 1. The standard InChI is InChI=1S/C3H7.Al.ClH.2H/c1-3-2;;;;/h1,3H2,2H3;;1H;;. The van der Waals surface area contributed by atoms with E-state index in [1.165, 1.54) is 28.0 Å². The van der Waals surface area contributed by atoms with Crippen molar-refractivity contribution < 1.29 is 0 Å². The molecule has 0 unspecified atom stereocenters. The summed E-state index contributed by atoms with van der Waals surface area (Å²) in [6, 6.07) is 0. The Morgan fingerprint density at radius 2 is 1.80 bits per heavy atom. The van der Waals surface area contributed by atoms with Gasteiger partial charge in [-0.05, 0) is 0 Å². The third-order valence-corrected chi connectivity index (χ3v) is 1.50. The van der Waals surface area contributed by atoms with Gasteiger partial charge < -0.3 is 0 Å². The third-order valence-electron chi connectivity index (χ3n) is 0.500. The molecule has 2 heteroatoms. The molecule has 5 heavy (non-hydrogen) atoms. The van der Waals surface area contributed by atoms with Gasteiger partial charge >= 0.3 is 0 Å². The van der Waals surface area contributed by atoms with Gasteiger partial charge in [-0.1, -0.05) is 13.3 Å². The smallest absolute Gasteiger partial charge is 0.147 e. The van der Waals surface area contributed by atoms with Crippen molar-refractivity contribution in [2.24, 2.45) is 0 Å². The highest BCUT2D eigenvalue weighted by Gasteiger charge is 1.58. The summed E-state index contributed by atoms with van der Waals surface area (Å²) in [7, 11) is 0. The minimum absolute atomic E-state index is 0. The first-order valence-corrected chi connectivity index (χ1v) is 3.33. The Balaban J connectivity index is 0. The Morgan fingerprint density at radius 3 is 1.80 bits per heavy atom. The van der Waals surface area contributed by atoms with E-state index in [1.54, 1.807) is 0 Å². The number of rotatable bonds is 1. The summed E-state index contributed by atoms with van der Waals surface area (Å²) in [5.74, 6) is 0. The summed E-state index contributed by atoms with van der Waals surface area (Å²) in [6.07, 6.45) is 1.38. The molecule has 0 spiro atoms. The van der Waals surface area contributed by atoms with Crippen LogP contribution in [0.5, 0.6) is 0 Å². The first kappa shape index (κ1) is 9.27. The van der Waals surface area contributed by atoms with Gasteiger partial charge in [-0.3, -0.25) is 0 Å². The summed E-state index contributed by atoms with van der Waals surface area (Å²) in [6.45, 7) is 2.22. The molecule has 32 valence electrons. The molecular weight excluding hydrogens is 98.5 g/mol. The molecule has 0 heterocycles. The second-order valence-electron chi connectivity index (χ2n) is 1.000. The zero-order valence-electron chi connectivity index (χ0n) is 3.82. The molecule has 0 aromatic heterocycles. The minimum atomic E-state index is 0. The molecule has 0 aromatic carbocycles. The Labute approximate surface area is 47.8 Å². The van der Waals surface area contributed by atoms with E-state index in [4.69, 9.17) is 0 Å². The molecule has 0 nitrogen and oxygen atoms in total. The largest absolute Gasteiger partial charge is 0.211 e. The zero-order valence-corrected chi connectivity index (χ0v) is 6.64. The van der Waals surface area contributed by atoms with Crippen LogP contribution in [-0.2, 0) is 0 Å². The van der Waals surface area contributed by atoms with E-state index in [2.05, 4.69) is 6.92 Å². The normalized spacial score (nSPS) is 5.80. The van der Waals surface area contributed by atoms with Crippen LogP contribution in [0.3, 0.4) is 0 Å². The van der Waals surface area contributed by atoms with Crippen LogP contribution in [0.15, 0.2) is 0 Å². The van der Waals surface area contributed by atoms with E-state index in [9.17, 15) is 0 Å². The predicted octanol–water partition coefficient (Wildman–Crippen LogP) is 0.870. The molecule has 0 aliphatic carbocycles. The van der Waals surface area contributed by atoms with Crippen molar-refractivity contribution in [1.29, 1.82) is 0 Å². The van der Waals surface area contributed by atoms with Crippen molar-refractivity contribution in [2.75, 3.05) is 0 Å². The van der Waals surface area contributed by atoms with Crippen LogP contribution in [0.1, 0.15) is 13.3 Å². The molecule has 0 saturated heterocycles. The summed E-state index contributed by atoms with van der Waals surface area (Å²) >= 11 is 1.39. The van der Waals surface area contributed by atoms with Gasteiger partial charge in [-0.15, -0.1) is 17.7 Å². The molecule has 0 aliphatic heterocycles. The van der Waals surface area contributed by atoms with Crippen LogP contribution < -0.4 is 0 Å². The molecule has 0 N–H and O–H groups in total. The molecule has 0 aromatic rings. The van der Waals surface area contributed by atoms with E-state index in [0.29, 0.717) is 0 Å². The zero-order chi connectivity index (χ0) is 3.41. The van der Waals surface area contributed by atoms with Gasteiger partial charge in [-0.25, -0.2) is 0 Å². The maximum atomic E-state index is 2.22. The Morgan fingerprint density at radius 1 is 1.60 bits per heavy atom. The van der Waals surface area contributed by atoms with E-state index in [1.807, 2.05) is 0 Å². The first-order chi connectivity index (χ1) is 1.91. The highest BCUT2D eigenvalue weighted by molar-refractivity contribution is 6.08. The molecule has 0 aliphatic rings. The molecule has 0 fully saturated rings. The van der Waals surface area contributed by atoms with Crippen molar-refractivity contribution in [2.45, 2.75) is 18.6 Å². The van der Waals surface area contributed by atoms with Crippen LogP contribution >= 0.6 is 12.4 Å². The second kappa shape index (κ2) is 8.85. The lowest BCUT2D eigenvalue weighted by Crippen LogP contribution is -1.55. The molecule has 0 radical (unpaired) electrons. The Kier molecular flexibility index (Phi) is 16.4. The van der Waals surface area contributed by atoms with Crippen molar-refractivity contribution in [3.63, 3.8) is 0 Å². The fourth-order valence-corrected chi connectivity index (χ4v) is 0. The molecule has 0 amide bonds. The molecule has 0 rings (SSSR count). The highest BCUT2D eigenvalue weighted by Crippen LogP contribution is 1.73. The van der Waals surface area contributed by atoms with Gasteiger partial charge in [0, 0.05) is 0 Å². The molecule has 0 saturated carbocycles. The monoisotopic (exact) mass is 108 g/mol. The highest BCUT2D eigenvalue weighted by atomic mass is 35.5. The van der Waals surface area contributed by atoms with Crippen molar-refractivity contribution in [1.82, 2.24) is 0 Å². The van der Waals surface area contributed by atoms with Gasteiger partial charge in [-0.2, -0.15) is 0 Å². The van der Waals surface area contributed by atoms with Crippen molar-refractivity contribution in [3.8, 4) is 0 Å². The maximum Gasteiger partial charge on any atom is 0.211 e. The SMILES string of the molecule is CC[CH2][AlH2].Cl. The van der Waals surface area contributed by atoms with Gasteiger partial charge in [0.2, 0.25) is 16.3 Å². The number of hydrogen-bond donors (Lipinski definition) is 0. The summed E-state index contributed by atoms with van der Waals surface area (Å²) < 4.78 is 0. The Hall–Kier alpha value is 0.822. The first-order valence-electron chi connectivity index (χ1n) is 1.91. The second-order valence-corrected chi connectivity index (χ2v) is 2.00. The average molecular weight is 109 g/mol. The van der Waals surface area contributed by atoms with Crippen LogP contribution in [0.4, 0.5) is 0 Å². The van der Waals surface area contributed by atoms with Gasteiger partial charge in [0.25, 0.3) is 0 Å². The fraction of sp³-hybridized carbons (Fsp3) is 1.00. The summed E-state index contributed by atoms with van der Waals surface area (Å²) in [5.41, 5.74) is 0. The van der Waals surface area contributed by atoms with E-state index < -0.39 is 0 Å². The lowest BCUT2D eigenvalue weighted by Gasteiger charge is -1.66.